The number of hydrogen-bond donors (Lipinski definition) is 0. The van der Waals surface area contributed by atoms with Crippen molar-refractivity contribution in [2.24, 2.45) is 0 Å². The van der Waals surface area contributed by atoms with E-state index >= 15 is 0 Å². The summed E-state index contributed by atoms with van der Waals surface area (Å²) in [7, 11) is 0. The number of hydrogen-bond acceptors (Lipinski definition) is 3. The van der Waals surface area contributed by atoms with E-state index in [2.05, 4.69) is 5.10 Å². The number of anilines is 2. The first-order valence-corrected chi connectivity index (χ1v) is 7.98. The van der Waals surface area contributed by atoms with Crippen molar-refractivity contribution in [3.8, 4) is 5.88 Å². The van der Waals surface area contributed by atoms with Crippen molar-refractivity contribution in [1.29, 1.82) is 0 Å². The van der Waals surface area contributed by atoms with E-state index in [-0.39, 0.29) is 5.91 Å². The van der Waals surface area contributed by atoms with E-state index in [9.17, 15) is 4.79 Å². The summed E-state index contributed by atoms with van der Waals surface area (Å²) >= 11 is 0. The van der Waals surface area contributed by atoms with E-state index in [4.69, 9.17) is 4.74 Å². The predicted octanol–water partition coefficient (Wildman–Crippen LogP) is 3.64. The quantitative estimate of drug-likeness (QED) is 0.740. The Morgan fingerprint density at radius 2 is 1.62 bits per heavy atom. The zero-order chi connectivity index (χ0) is 16.4. The summed E-state index contributed by atoms with van der Waals surface area (Å²) in [5.41, 5.74) is 2.11. The van der Waals surface area contributed by atoms with Crippen LogP contribution in [-0.2, 0) is 6.54 Å². The number of fused-ring (bicyclic) bond motifs is 1. The monoisotopic (exact) mass is 319 g/mol. The fraction of sp³-hybridized carbons (Fsp3) is 0.158. The van der Waals surface area contributed by atoms with Gasteiger partial charge < -0.3 is 4.74 Å². The number of nitrogens with zero attached hydrogens (tertiary/aromatic N) is 3. The van der Waals surface area contributed by atoms with Crippen LogP contribution >= 0.6 is 0 Å². The van der Waals surface area contributed by atoms with E-state index in [1.807, 2.05) is 60.7 Å². The normalized spacial score (nSPS) is 13.0. The third-order valence-electron chi connectivity index (χ3n) is 4.01. The molecular formula is C19H17N3O2. The zero-order valence-corrected chi connectivity index (χ0v) is 13.1. The van der Waals surface area contributed by atoms with Gasteiger partial charge in [-0.1, -0.05) is 36.4 Å². The van der Waals surface area contributed by atoms with Gasteiger partial charge in [-0.25, -0.2) is 4.68 Å². The average molecular weight is 319 g/mol. The highest BCUT2D eigenvalue weighted by Gasteiger charge is 2.27. The maximum absolute atomic E-state index is 13.3. The second-order valence-corrected chi connectivity index (χ2v) is 5.60. The Labute approximate surface area is 140 Å². The number of ether oxygens (including phenoxy) is 1. The first-order chi connectivity index (χ1) is 11.8. The van der Waals surface area contributed by atoms with Gasteiger partial charge in [0.05, 0.1) is 12.8 Å². The topological polar surface area (TPSA) is 47.4 Å². The molecule has 0 bridgehead atoms. The van der Waals surface area contributed by atoms with Crippen LogP contribution in [0, 0.1) is 0 Å². The minimum Gasteiger partial charge on any atom is -0.477 e. The highest BCUT2D eigenvalue weighted by atomic mass is 16.5. The van der Waals surface area contributed by atoms with Gasteiger partial charge in [-0.2, -0.15) is 5.10 Å². The lowest BCUT2D eigenvalue weighted by Gasteiger charge is -2.23. The lowest BCUT2D eigenvalue weighted by Crippen LogP contribution is -2.27. The van der Waals surface area contributed by atoms with Crippen molar-refractivity contribution >= 4 is 17.3 Å². The Bertz CT molecular complexity index is 804. The van der Waals surface area contributed by atoms with Crippen LogP contribution in [0.1, 0.15) is 16.8 Å². The van der Waals surface area contributed by atoms with Gasteiger partial charge >= 0.3 is 0 Å². The van der Waals surface area contributed by atoms with Crippen LogP contribution in [0.5, 0.6) is 5.88 Å². The van der Waals surface area contributed by atoms with Crippen molar-refractivity contribution in [1.82, 2.24) is 9.78 Å². The van der Waals surface area contributed by atoms with Gasteiger partial charge in [-0.15, -0.1) is 0 Å². The molecule has 1 aliphatic rings. The van der Waals surface area contributed by atoms with Crippen LogP contribution in [0.3, 0.4) is 0 Å². The number of carbonyl (C=O) groups excluding carboxylic acids is 1. The second-order valence-electron chi connectivity index (χ2n) is 5.60. The summed E-state index contributed by atoms with van der Waals surface area (Å²) in [6.07, 6.45) is 2.51. The molecule has 1 aromatic heterocycles. The summed E-state index contributed by atoms with van der Waals surface area (Å²) in [5.74, 6) is 0.415. The van der Waals surface area contributed by atoms with E-state index in [0.717, 1.165) is 24.3 Å². The number of carbonyl (C=O) groups is 1. The Morgan fingerprint density at radius 3 is 2.25 bits per heavy atom. The molecule has 0 saturated carbocycles. The minimum absolute atomic E-state index is 0.143. The number of para-hydroxylation sites is 2. The van der Waals surface area contributed by atoms with Crippen molar-refractivity contribution in [3.05, 3.63) is 72.4 Å². The molecule has 0 radical (unpaired) electrons. The molecule has 2 heterocycles. The van der Waals surface area contributed by atoms with Crippen LogP contribution in [0.2, 0.25) is 0 Å². The van der Waals surface area contributed by atoms with Gasteiger partial charge in [0.1, 0.15) is 5.56 Å². The van der Waals surface area contributed by atoms with Crippen molar-refractivity contribution < 1.29 is 9.53 Å². The van der Waals surface area contributed by atoms with Gasteiger partial charge in [-0.3, -0.25) is 9.69 Å². The molecule has 1 aliphatic heterocycles. The van der Waals surface area contributed by atoms with Crippen LogP contribution in [-0.4, -0.2) is 22.3 Å². The second kappa shape index (κ2) is 6.20. The molecule has 2 aromatic carbocycles. The van der Waals surface area contributed by atoms with E-state index in [1.165, 1.54) is 0 Å². The molecule has 0 aliphatic carbocycles. The summed E-state index contributed by atoms with van der Waals surface area (Å²) in [5, 5.41) is 4.29. The lowest BCUT2D eigenvalue weighted by atomic mass is 10.2. The maximum atomic E-state index is 13.3. The first kappa shape index (κ1) is 14.5. The van der Waals surface area contributed by atoms with Crippen molar-refractivity contribution in [2.45, 2.75) is 13.0 Å². The standard InChI is InChI=1S/C19H17N3O2/c23-18(17-14-20-21-12-7-13-24-19(17)21)22(15-8-3-1-4-9-15)16-10-5-2-6-11-16/h1-6,8-11,14H,7,12-13H2. The first-order valence-electron chi connectivity index (χ1n) is 7.98. The van der Waals surface area contributed by atoms with E-state index in [1.54, 1.807) is 15.8 Å². The summed E-state index contributed by atoms with van der Waals surface area (Å²) in [6.45, 7) is 1.39. The summed E-state index contributed by atoms with van der Waals surface area (Å²) in [4.78, 5) is 15.0. The molecular weight excluding hydrogens is 302 g/mol. The number of aryl methyl sites for hydroxylation is 1. The molecule has 0 atom stereocenters. The van der Waals surface area contributed by atoms with Gasteiger partial charge in [0.15, 0.2) is 0 Å². The fourth-order valence-corrected chi connectivity index (χ4v) is 2.87. The lowest BCUT2D eigenvalue weighted by molar-refractivity contribution is 0.0993. The Kier molecular flexibility index (Phi) is 3.75. The molecule has 0 saturated heterocycles. The summed E-state index contributed by atoms with van der Waals surface area (Å²) < 4.78 is 7.45. The van der Waals surface area contributed by atoms with Crippen LogP contribution < -0.4 is 9.64 Å². The smallest absolute Gasteiger partial charge is 0.269 e. The highest BCUT2D eigenvalue weighted by Crippen LogP contribution is 2.31. The zero-order valence-electron chi connectivity index (χ0n) is 13.1. The Balaban J connectivity index is 1.79. The van der Waals surface area contributed by atoms with Crippen molar-refractivity contribution in [2.75, 3.05) is 11.5 Å². The fourth-order valence-electron chi connectivity index (χ4n) is 2.87. The molecule has 0 N–H and O–H groups in total. The molecule has 120 valence electrons. The maximum Gasteiger partial charge on any atom is 0.269 e. The third kappa shape index (κ3) is 2.54. The van der Waals surface area contributed by atoms with Crippen LogP contribution in [0.15, 0.2) is 66.9 Å². The molecule has 0 unspecified atom stereocenters. The number of aromatic nitrogens is 2. The van der Waals surface area contributed by atoms with E-state index in [0.29, 0.717) is 18.1 Å². The molecule has 5 heteroatoms. The average Bonchev–Trinajstić information content (AvgIpc) is 3.08. The molecule has 24 heavy (non-hydrogen) atoms. The SMILES string of the molecule is O=C(c1cnn2c1OCCC2)N(c1ccccc1)c1ccccc1. The van der Waals surface area contributed by atoms with Gasteiger partial charge in [0.25, 0.3) is 5.91 Å². The molecule has 3 aromatic rings. The van der Waals surface area contributed by atoms with Crippen molar-refractivity contribution in [3.63, 3.8) is 0 Å². The van der Waals surface area contributed by atoms with Gasteiger partial charge in [-0.05, 0) is 24.3 Å². The predicted molar refractivity (Wildman–Crippen MR) is 91.7 cm³/mol. The molecule has 4 rings (SSSR count). The third-order valence-corrected chi connectivity index (χ3v) is 4.01. The molecule has 0 fully saturated rings. The van der Waals surface area contributed by atoms with Gasteiger partial charge in [0, 0.05) is 24.3 Å². The number of rotatable bonds is 3. The highest BCUT2D eigenvalue weighted by molar-refractivity contribution is 6.12. The summed E-state index contributed by atoms with van der Waals surface area (Å²) in [6, 6.07) is 19.2. The number of amides is 1. The van der Waals surface area contributed by atoms with E-state index < -0.39 is 0 Å². The van der Waals surface area contributed by atoms with Gasteiger partial charge in [0.2, 0.25) is 5.88 Å². The van der Waals surface area contributed by atoms with Crippen LogP contribution in [0.25, 0.3) is 0 Å². The number of benzene rings is 2. The molecule has 5 nitrogen and oxygen atoms in total. The van der Waals surface area contributed by atoms with Crippen LogP contribution in [0.4, 0.5) is 11.4 Å². The largest absolute Gasteiger partial charge is 0.477 e. The molecule has 1 amide bonds. The minimum atomic E-state index is -0.143. The Hall–Kier alpha value is -3.08. The Morgan fingerprint density at radius 1 is 1.00 bits per heavy atom. The molecule has 0 spiro atoms.